The van der Waals surface area contributed by atoms with Gasteiger partial charge in [-0.1, -0.05) is 36.7 Å². The number of halogens is 1. The molecule has 1 saturated heterocycles. The summed E-state index contributed by atoms with van der Waals surface area (Å²) in [6, 6.07) is 5.97. The molecule has 0 radical (unpaired) electrons. The molecule has 1 aromatic rings. The van der Waals surface area contributed by atoms with E-state index < -0.39 is 0 Å². The van der Waals surface area contributed by atoms with Crippen LogP contribution in [0.15, 0.2) is 23.2 Å². The predicted octanol–water partition coefficient (Wildman–Crippen LogP) is 4.11. The number of hydrogen-bond acceptors (Lipinski definition) is 4. The summed E-state index contributed by atoms with van der Waals surface area (Å²) in [6.45, 7) is 6.36. The summed E-state index contributed by atoms with van der Waals surface area (Å²) in [7, 11) is 0. The van der Waals surface area contributed by atoms with Gasteiger partial charge in [0.1, 0.15) is 0 Å². The van der Waals surface area contributed by atoms with Gasteiger partial charge in [0.2, 0.25) is 0 Å². The van der Waals surface area contributed by atoms with Crippen LogP contribution >= 0.6 is 23.4 Å². The lowest BCUT2D eigenvalue weighted by Crippen LogP contribution is -2.36. The van der Waals surface area contributed by atoms with Crippen molar-refractivity contribution in [3.63, 3.8) is 0 Å². The Morgan fingerprint density at radius 1 is 1.41 bits per heavy atom. The van der Waals surface area contributed by atoms with Crippen LogP contribution in [-0.4, -0.2) is 44.3 Å². The highest BCUT2D eigenvalue weighted by molar-refractivity contribution is 8.13. The van der Waals surface area contributed by atoms with Gasteiger partial charge in [-0.25, -0.2) is 0 Å². The van der Waals surface area contributed by atoms with E-state index in [1.165, 1.54) is 0 Å². The van der Waals surface area contributed by atoms with Crippen molar-refractivity contribution in [3.8, 4) is 0 Å². The van der Waals surface area contributed by atoms with Crippen LogP contribution in [0.25, 0.3) is 0 Å². The molecule has 1 fully saturated rings. The third kappa shape index (κ3) is 5.07. The zero-order valence-electron chi connectivity index (χ0n) is 13.3. The molecule has 0 aliphatic carbocycles. The van der Waals surface area contributed by atoms with Gasteiger partial charge in [-0.15, -0.1) is 0 Å². The van der Waals surface area contributed by atoms with Gasteiger partial charge in [-0.3, -0.25) is 4.99 Å². The Bertz CT molecular complexity index is 504. The number of benzene rings is 1. The Morgan fingerprint density at radius 3 is 2.86 bits per heavy atom. The van der Waals surface area contributed by atoms with Crippen LogP contribution in [0.5, 0.6) is 0 Å². The molecule has 0 amide bonds. The van der Waals surface area contributed by atoms with Gasteiger partial charge >= 0.3 is 0 Å². The zero-order valence-corrected chi connectivity index (χ0v) is 14.8. The second-order valence-corrected chi connectivity index (χ2v) is 6.36. The Kier molecular flexibility index (Phi) is 7.36. The fourth-order valence-corrected chi connectivity index (χ4v) is 2.90. The SMILES string of the molecule is CCCCN=C(Nc1cc(Cl)ccc1N1CCOCC1)SC. The molecule has 1 aliphatic heterocycles. The maximum absolute atomic E-state index is 6.18. The van der Waals surface area contributed by atoms with Crippen LogP contribution < -0.4 is 10.2 Å². The molecular formula is C16H24ClN3OS. The van der Waals surface area contributed by atoms with Gasteiger partial charge in [0.15, 0.2) is 5.17 Å². The quantitative estimate of drug-likeness (QED) is 0.497. The Labute approximate surface area is 142 Å². The molecule has 22 heavy (non-hydrogen) atoms. The van der Waals surface area contributed by atoms with Crippen molar-refractivity contribution in [2.75, 3.05) is 49.3 Å². The van der Waals surface area contributed by atoms with E-state index in [2.05, 4.69) is 28.2 Å². The van der Waals surface area contributed by atoms with Crippen molar-refractivity contribution < 1.29 is 4.74 Å². The smallest absolute Gasteiger partial charge is 0.160 e. The lowest BCUT2D eigenvalue weighted by atomic mass is 10.2. The number of nitrogens with one attached hydrogen (secondary N) is 1. The molecule has 6 heteroatoms. The third-order valence-electron chi connectivity index (χ3n) is 3.51. The summed E-state index contributed by atoms with van der Waals surface area (Å²) in [5.41, 5.74) is 2.17. The highest BCUT2D eigenvalue weighted by atomic mass is 35.5. The van der Waals surface area contributed by atoms with E-state index in [1.807, 2.05) is 18.4 Å². The van der Waals surface area contributed by atoms with Crippen molar-refractivity contribution in [1.29, 1.82) is 0 Å². The summed E-state index contributed by atoms with van der Waals surface area (Å²) in [4.78, 5) is 6.95. The maximum Gasteiger partial charge on any atom is 0.160 e. The Balaban J connectivity index is 2.16. The minimum Gasteiger partial charge on any atom is -0.378 e. The number of ether oxygens (including phenoxy) is 1. The fraction of sp³-hybridized carbons (Fsp3) is 0.562. The summed E-state index contributed by atoms with van der Waals surface area (Å²) in [6.07, 6.45) is 4.30. The molecule has 122 valence electrons. The molecule has 0 saturated carbocycles. The van der Waals surface area contributed by atoms with Crippen LogP contribution in [-0.2, 0) is 4.74 Å². The minimum atomic E-state index is 0.730. The lowest BCUT2D eigenvalue weighted by Gasteiger charge is -2.30. The Hall–Kier alpha value is -0.910. The van der Waals surface area contributed by atoms with Crippen molar-refractivity contribution in [1.82, 2.24) is 0 Å². The average molecular weight is 342 g/mol. The zero-order chi connectivity index (χ0) is 15.8. The first-order valence-corrected chi connectivity index (χ1v) is 9.32. The first kappa shape index (κ1) is 17.4. The first-order valence-electron chi connectivity index (χ1n) is 7.72. The lowest BCUT2D eigenvalue weighted by molar-refractivity contribution is 0.123. The maximum atomic E-state index is 6.18. The molecular weight excluding hydrogens is 318 g/mol. The van der Waals surface area contributed by atoms with E-state index in [-0.39, 0.29) is 0 Å². The summed E-state index contributed by atoms with van der Waals surface area (Å²) in [5.74, 6) is 0. The molecule has 1 heterocycles. The monoisotopic (exact) mass is 341 g/mol. The number of amidine groups is 1. The summed E-state index contributed by atoms with van der Waals surface area (Å²) < 4.78 is 5.44. The van der Waals surface area contributed by atoms with Gasteiger partial charge in [0.25, 0.3) is 0 Å². The van der Waals surface area contributed by atoms with E-state index in [0.717, 1.165) is 67.3 Å². The van der Waals surface area contributed by atoms with Gasteiger partial charge < -0.3 is 15.0 Å². The molecule has 0 spiro atoms. The van der Waals surface area contributed by atoms with Crippen LogP contribution in [0.3, 0.4) is 0 Å². The van der Waals surface area contributed by atoms with Gasteiger partial charge in [-0.05, 0) is 30.9 Å². The van der Waals surface area contributed by atoms with E-state index in [0.29, 0.717) is 0 Å². The molecule has 0 unspecified atom stereocenters. The topological polar surface area (TPSA) is 36.9 Å². The second-order valence-electron chi connectivity index (χ2n) is 5.13. The van der Waals surface area contributed by atoms with Crippen molar-refractivity contribution in [3.05, 3.63) is 23.2 Å². The molecule has 0 atom stereocenters. The largest absolute Gasteiger partial charge is 0.378 e. The van der Waals surface area contributed by atoms with Crippen molar-refractivity contribution in [2.45, 2.75) is 19.8 Å². The summed E-state index contributed by atoms with van der Waals surface area (Å²) >= 11 is 7.81. The van der Waals surface area contributed by atoms with E-state index >= 15 is 0 Å². The predicted molar refractivity (Wildman–Crippen MR) is 98.8 cm³/mol. The number of rotatable bonds is 5. The van der Waals surface area contributed by atoms with E-state index in [1.54, 1.807) is 11.8 Å². The number of aliphatic imine (C=N–C) groups is 1. The standard InChI is InChI=1S/C16H24ClN3OS/c1-3-4-7-18-16(22-2)19-14-12-13(17)5-6-15(14)20-8-10-21-11-9-20/h5-6,12H,3-4,7-11H2,1-2H3,(H,18,19). The number of nitrogens with zero attached hydrogens (tertiary/aromatic N) is 2. The van der Waals surface area contributed by atoms with Crippen LogP contribution in [0, 0.1) is 0 Å². The van der Waals surface area contributed by atoms with Crippen LogP contribution in [0.4, 0.5) is 11.4 Å². The number of thioether (sulfide) groups is 1. The molecule has 4 nitrogen and oxygen atoms in total. The molecule has 1 N–H and O–H groups in total. The van der Waals surface area contributed by atoms with Crippen LogP contribution in [0.2, 0.25) is 5.02 Å². The van der Waals surface area contributed by atoms with Gasteiger partial charge in [0.05, 0.1) is 24.6 Å². The highest BCUT2D eigenvalue weighted by Crippen LogP contribution is 2.30. The highest BCUT2D eigenvalue weighted by Gasteiger charge is 2.16. The molecule has 0 aromatic heterocycles. The van der Waals surface area contributed by atoms with E-state index in [4.69, 9.17) is 16.3 Å². The second kappa shape index (κ2) is 9.28. The Morgan fingerprint density at radius 2 is 2.18 bits per heavy atom. The van der Waals surface area contributed by atoms with Crippen molar-refractivity contribution >= 4 is 39.9 Å². The number of anilines is 2. The molecule has 2 rings (SSSR count). The van der Waals surface area contributed by atoms with Gasteiger partial charge in [0, 0.05) is 24.7 Å². The fourth-order valence-electron chi connectivity index (χ4n) is 2.30. The van der Waals surface area contributed by atoms with Gasteiger partial charge in [-0.2, -0.15) is 0 Å². The third-order valence-corrected chi connectivity index (χ3v) is 4.37. The first-order chi connectivity index (χ1) is 10.7. The molecule has 1 aliphatic rings. The number of unbranched alkanes of at least 4 members (excludes halogenated alkanes) is 1. The number of morpholine rings is 1. The van der Waals surface area contributed by atoms with Crippen LogP contribution in [0.1, 0.15) is 19.8 Å². The normalized spacial score (nSPS) is 16.0. The molecule has 0 bridgehead atoms. The minimum absolute atomic E-state index is 0.730. The number of hydrogen-bond donors (Lipinski definition) is 1. The van der Waals surface area contributed by atoms with E-state index in [9.17, 15) is 0 Å². The van der Waals surface area contributed by atoms with Crippen molar-refractivity contribution in [2.24, 2.45) is 4.99 Å². The molecule has 1 aromatic carbocycles. The average Bonchev–Trinajstić information content (AvgIpc) is 2.55. The summed E-state index contributed by atoms with van der Waals surface area (Å²) in [5, 5.41) is 5.11.